The molecule has 1 aromatic heterocycles. The summed E-state index contributed by atoms with van der Waals surface area (Å²) >= 11 is 5.46. The number of aromatic nitrogens is 2. The molecule has 0 spiro atoms. The Hall–Kier alpha value is -0.290. The third-order valence-electron chi connectivity index (χ3n) is 0.808. The average molecular weight is 161 g/mol. The van der Waals surface area contributed by atoms with E-state index in [2.05, 4.69) is 22.8 Å². The Kier molecular flexibility index (Phi) is 2.29. The number of thiol groups is 1. The van der Waals surface area contributed by atoms with E-state index in [0.29, 0.717) is 5.13 Å². The summed E-state index contributed by atoms with van der Waals surface area (Å²) in [7, 11) is 0. The summed E-state index contributed by atoms with van der Waals surface area (Å²) in [5, 5.41) is 8.94. The molecule has 1 heterocycles. The van der Waals surface area contributed by atoms with Gasteiger partial charge >= 0.3 is 0 Å². The van der Waals surface area contributed by atoms with Crippen LogP contribution >= 0.6 is 24.0 Å². The van der Waals surface area contributed by atoms with Crippen molar-refractivity contribution in [1.82, 2.24) is 10.2 Å². The van der Waals surface area contributed by atoms with Gasteiger partial charge in [0, 0.05) is 6.42 Å². The molecule has 3 nitrogen and oxygen atoms in total. The summed E-state index contributed by atoms with van der Waals surface area (Å²) in [6.45, 7) is 0. The highest BCUT2D eigenvalue weighted by Gasteiger charge is 1.96. The molecule has 1 aromatic rings. The number of hydrogen-bond donors (Lipinski definition) is 2. The molecule has 0 amide bonds. The highest BCUT2D eigenvalue weighted by Crippen LogP contribution is 2.11. The fourth-order valence-corrected chi connectivity index (χ4v) is 1.44. The highest BCUT2D eigenvalue weighted by atomic mass is 32.1. The molecule has 0 atom stereocenters. The largest absolute Gasteiger partial charge is 0.374 e. The predicted molar refractivity (Wildman–Crippen MR) is 41.9 cm³/mol. The van der Waals surface area contributed by atoms with Crippen molar-refractivity contribution in [3.8, 4) is 0 Å². The SMILES string of the molecule is Nc1nnc(CCS)s1. The molecule has 0 aliphatic rings. The van der Waals surface area contributed by atoms with Crippen molar-refractivity contribution in [2.24, 2.45) is 0 Å². The molecule has 9 heavy (non-hydrogen) atoms. The van der Waals surface area contributed by atoms with Crippen molar-refractivity contribution in [3.05, 3.63) is 5.01 Å². The van der Waals surface area contributed by atoms with E-state index in [9.17, 15) is 0 Å². The van der Waals surface area contributed by atoms with E-state index in [1.54, 1.807) is 0 Å². The van der Waals surface area contributed by atoms with Gasteiger partial charge in [-0.2, -0.15) is 12.6 Å². The van der Waals surface area contributed by atoms with Gasteiger partial charge in [0.15, 0.2) is 0 Å². The maximum atomic E-state index is 5.33. The number of aryl methyl sites for hydroxylation is 1. The molecule has 0 aromatic carbocycles. The van der Waals surface area contributed by atoms with E-state index in [4.69, 9.17) is 5.73 Å². The van der Waals surface area contributed by atoms with Gasteiger partial charge in [0.25, 0.3) is 0 Å². The lowest BCUT2D eigenvalue weighted by Crippen LogP contribution is -1.83. The van der Waals surface area contributed by atoms with Crippen LogP contribution in [0.3, 0.4) is 0 Å². The summed E-state index contributed by atoms with van der Waals surface area (Å²) in [6, 6.07) is 0. The number of hydrogen-bond acceptors (Lipinski definition) is 5. The van der Waals surface area contributed by atoms with Crippen molar-refractivity contribution in [1.29, 1.82) is 0 Å². The highest BCUT2D eigenvalue weighted by molar-refractivity contribution is 7.80. The second-order valence-electron chi connectivity index (χ2n) is 1.51. The molecule has 0 fully saturated rings. The minimum absolute atomic E-state index is 0.534. The van der Waals surface area contributed by atoms with E-state index in [1.165, 1.54) is 11.3 Å². The van der Waals surface area contributed by atoms with Gasteiger partial charge in [-0.25, -0.2) is 0 Å². The molecule has 5 heteroatoms. The maximum absolute atomic E-state index is 5.33. The number of nitrogens with zero attached hydrogens (tertiary/aromatic N) is 2. The lowest BCUT2D eigenvalue weighted by atomic mass is 10.5. The Labute approximate surface area is 62.7 Å². The van der Waals surface area contributed by atoms with E-state index < -0.39 is 0 Å². The van der Waals surface area contributed by atoms with Gasteiger partial charge in [0.1, 0.15) is 5.01 Å². The second-order valence-corrected chi connectivity index (χ2v) is 3.05. The van der Waals surface area contributed by atoms with Crippen LogP contribution in [0.15, 0.2) is 0 Å². The molecule has 50 valence electrons. The van der Waals surface area contributed by atoms with E-state index in [-0.39, 0.29) is 0 Å². The Morgan fingerprint density at radius 2 is 2.33 bits per heavy atom. The molecular weight excluding hydrogens is 154 g/mol. The third-order valence-corrected chi connectivity index (χ3v) is 1.84. The number of rotatable bonds is 2. The summed E-state index contributed by atoms with van der Waals surface area (Å²) in [4.78, 5) is 0. The lowest BCUT2D eigenvalue weighted by Gasteiger charge is -1.82. The average Bonchev–Trinajstić information content (AvgIpc) is 2.17. The Morgan fingerprint density at radius 1 is 1.56 bits per heavy atom. The molecular formula is C4H7N3S2. The van der Waals surface area contributed by atoms with Crippen LogP contribution in [0.2, 0.25) is 0 Å². The molecule has 0 saturated carbocycles. The first-order valence-corrected chi connectivity index (χ1v) is 3.96. The normalized spacial score (nSPS) is 9.89. The zero-order valence-electron chi connectivity index (χ0n) is 4.74. The second kappa shape index (κ2) is 3.03. The minimum Gasteiger partial charge on any atom is -0.374 e. The standard InChI is InChI=1S/C4H7N3S2/c5-4-7-6-3(9-4)1-2-8/h8H,1-2H2,(H2,5,7). The fraction of sp³-hybridized carbons (Fsp3) is 0.500. The number of nitrogens with two attached hydrogens (primary N) is 1. The first kappa shape index (κ1) is 6.82. The quantitative estimate of drug-likeness (QED) is 0.624. The van der Waals surface area contributed by atoms with Gasteiger partial charge in [-0.05, 0) is 5.75 Å². The zero-order valence-corrected chi connectivity index (χ0v) is 6.45. The molecule has 0 aliphatic heterocycles. The number of nitrogen functional groups attached to an aromatic ring is 1. The fourth-order valence-electron chi connectivity index (χ4n) is 0.463. The zero-order chi connectivity index (χ0) is 6.69. The third kappa shape index (κ3) is 1.83. The molecule has 2 N–H and O–H groups in total. The van der Waals surface area contributed by atoms with Crippen LogP contribution in [0.25, 0.3) is 0 Å². The Balaban J connectivity index is 2.61. The molecule has 0 radical (unpaired) electrons. The monoisotopic (exact) mass is 161 g/mol. The lowest BCUT2D eigenvalue weighted by molar-refractivity contribution is 0.995. The van der Waals surface area contributed by atoms with Crippen LogP contribution in [0, 0.1) is 0 Å². The maximum Gasteiger partial charge on any atom is 0.203 e. The topological polar surface area (TPSA) is 51.8 Å². The van der Waals surface area contributed by atoms with E-state index in [1.807, 2.05) is 0 Å². The summed E-state index contributed by atoms with van der Waals surface area (Å²) in [5.74, 6) is 0.800. The molecule has 0 bridgehead atoms. The molecule has 0 aliphatic carbocycles. The number of anilines is 1. The van der Waals surface area contributed by atoms with Gasteiger partial charge in [-0.15, -0.1) is 10.2 Å². The van der Waals surface area contributed by atoms with Gasteiger partial charge in [0.2, 0.25) is 5.13 Å². The summed E-state index contributed by atoms with van der Waals surface area (Å²) in [6.07, 6.45) is 0.859. The summed E-state index contributed by atoms with van der Waals surface area (Å²) < 4.78 is 0. The van der Waals surface area contributed by atoms with Gasteiger partial charge in [0.05, 0.1) is 0 Å². The van der Waals surface area contributed by atoms with E-state index in [0.717, 1.165) is 17.2 Å². The first-order chi connectivity index (χ1) is 4.33. The smallest absolute Gasteiger partial charge is 0.203 e. The van der Waals surface area contributed by atoms with Crippen molar-refractivity contribution in [2.75, 3.05) is 11.5 Å². The van der Waals surface area contributed by atoms with Crippen molar-refractivity contribution in [3.63, 3.8) is 0 Å². The van der Waals surface area contributed by atoms with Crippen LogP contribution in [0.1, 0.15) is 5.01 Å². The van der Waals surface area contributed by atoms with Gasteiger partial charge in [-0.1, -0.05) is 11.3 Å². The Bertz CT molecular complexity index is 186. The van der Waals surface area contributed by atoms with Crippen LogP contribution in [-0.2, 0) is 6.42 Å². The van der Waals surface area contributed by atoms with Gasteiger partial charge < -0.3 is 5.73 Å². The van der Waals surface area contributed by atoms with Crippen LogP contribution in [0.4, 0.5) is 5.13 Å². The summed E-state index contributed by atoms with van der Waals surface area (Å²) in [5.41, 5.74) is 5.33. The van der Waals surface area contributed by atoms with Gasteiger partial charge in [-0.3, -0.25) is 0 Å². The molecule has 0 saturated heterocycles. The van der Waals surface area contributed by atoms with E-state index >= 15 is 0 Å². The van der Waals surface area contributed by atoms with Crippen molar-refractivity contribution < 1.29 is 0 Å². The van der Waals surface area contributed by atoms with Crippen molar-refractivity contribution >= 4 is 29.1 Å². The van der Waals surface area contributed by atoms with Crippen LogP contribution in [-0.4, -0.2) is 16.0 Å². The van der Waals surface area contributed by atoms with Crippen LogP contribution in [0.5, 0.6) is 0 Å². The first-order valence-electron chi connectivity index (χ1n) is 2.51. The van der Waals surface area contributed by atoms with Crippen LogP contribution < -0.4 is 5.73 Å². The predicted octanol–water partition coefficient (Wildman–Crippen LogP) is 0.593. The minimum atomic E-state index is 0.534. The molecule has 0 unspecified atom stereocenters. The van der Waals surface area contributed by atoms with Crippen molar-refractivity contribution in [2.45, 2.75) is 6.42 Å². The Morgan fingerprint density at radius 3 is 2.78 bits per heavy atom. The molecule has 1 rings (SSSR count).